The van der Waals surface area contributed by atoms with Gasteiger partial charge >= 0.3 is 0 Å². The van der Waals surface area contributed by atoms with Crippen LogP contribution in [0.15, 0.2) is 77.7 Å². The molecule has 0 fully saturated rings. The Kier molecular flexibility index (Phi) is 10.6. The van der Waals surface area contributed by atoms with E-state index in [1.54, 1.807) is 55.6 Å². The molecule has 0 bridgehead atoms. The lowest BCUT2D eigenvalue weighted by molar-refractivity contribution is -0.141. The molecule has 226 valence electrons. The number of aryl methyl sites for hydroxylation is 1. The molecular formula is C32H41N3O6S. The molecule has 42 heavy (non-hydrogen) atoms. The molecule has 0 aromatic heterocycles. The number of nitrogens with zero attached hydrogens (tertiary/aromatic N) is 2. The summed E-state index contributed by atoms with van der Waals surface area (Å²) in [6.07, 6.45) is 0.327. The van der Waals surface area contributed by atoms with Crippen molar-refractivity contribution in [3.8, 4) is 11.5 Å². The fourth-order valence-corrected chi connectivity index (χ4v) is 5.84. The van der Waals surface area contributed by atoms with Gasteiger partial charge in [-0.05, 0) is 76.1 Å². The van der Waals surface area contributed by atoms with E-state index in [1.807, 2.05) is 46.8 Å². The van der Waals surface area contributed by atoms with E-state index in [0.717, 1.165) is 15.4 Å². The van der Waals surface area contributed by atoms with Gasteiger partial charge in [0.05, 0.1) is 24.8 Å². The third-order valence-electron chi connectivity index (χ3n) is 6.63. The van der Waals surface area contributed by atoms with E-state index in [-0.39, 0.29) is 23.0 Å². The Morgan fingerprint density at radius 2 is 1.52 bits per heavy atom. The Labute approximate surface area is 249 Å². The van der Waals surface area contributed by atoms with E-state index >= 15 is 0 Å². The van der Waals surface area contributed by atoms with Crippen LogP contribution in [0.1, 0.15) is 45.2 Å². The van der Waals surface area contributed by atoms with Gasteiger partial charge in [0.15, 0.2) is 0 Å². The average molecular weight is 596 g/mol. The van der Waals surface area contributed by atoms with E-state index in [0.29, 0.717) is 17.9 Å². The molecule has 0 aliphatic rings. The minimum Gasteiger partial charge on any atom is -0.497 e. The number of nitrogens with one attached hydrogen (secondary N) is 1. The molecule has 0 saturated carbocycles. The zero-order valence-electron chi connectivity index (χ0n) is 25.4. The third kappa shape index (κ3) is 8.25. The summed E-state index contributed by atoms with van der Waals surface area (Å²) < 4.78 is 39.7. The van der Waals surface area contributed by atoms with Gasteiger partial charge in [-0.3, -0.25) is 13.9 Å². The van der Waals surface area contributed by atoms with Crippen LogP contribution in [0.3, 0.4) is 0 Å². The Morgan fingerprint density at radius 1 is 0.905 bits per heavy atom. The molecule has 1 atom stereocenters. The summed E-state index contributed by atoms with van der Waals surface area (Å²) >= 11 is 0. The van der Waals surface area contributed by atoms with Crippen LogP contribution in [0.5, 0.6) is 11.5 Å². The second-order valence-electron chi connectivity index (χ2n) is 11.1. The SMILES string of the molecule is CCC(C(=O)NC(C)(C)C)N(Cc1ccc(OC)cc1)C(=O)CN(c1cccc(OC)c1)S(=O)(=O)c1ccc(C)cc1. The fourth-order valence-electron chi connectivity index (χ4n) is 4.43. The molecule has 0 heterocycles. The Balaban J connectivity index is 2.08. The minimum absolute atomic E-state index is 0.0444. The molecular weight excluding hydrogens is 554 g/mol. The number of hydrogen-bond donors (Lipinski definition) is 1. The molecule has 0 spiro atoms. The highest BCUT2D eigenvalue weighted by molar-refractivity contribution is 7.92. The number of rotatable bonds is 12. The fraction of sp³-hybridized carbons (Fsp3) is 0.375. The summed E-state index contributed by atoms with van der Waals surface area (Å²) in [5, 5.41) is 2.97. The van der Waals surface area contributed by atoms with Gasteiger partial charge in [0.2, 0.25) is 11.8 Å². The molecule has 0 aliphatic heterocycles. The van der Waals surface area contributed by atoms with Crippen LogP contribution in [-0.4, -0.2) is 57.5 Å². The van der Waals surface area contributed by atoms with E-state index < -0.39 is 34.1 Å². The molecule has 2 amide bonds. The first kappa shape index (κ1) is 32.5. The summed E-state index contributed by atoms with van der Waals surface area (Å²) in [5.41, 5.74) is 1.40. The lowest BCUT2D eigenvalue weighted by Crippen LogP contribution is -2.55. The third-order valence-corrected chi connectivity index (χ3v) is 8.41. The number of methoxy groups -OCH3 is 2. The number of amides is 2. The predicted molar refractivity (Wildman–Crippen MR) is 164 cm³/mol. The smallest absolute Gasteiger partial charge is 0.264 e. The summed E-state index contributed by atoms with van der Waals surface area (Å²) in [4.78, 5) is 29.1. The number of carbonyl (C=O) groups is 2. The second-order valence-corrected chi connectivity index (χ2v) is 12.9. The van der Waals surface area contributed by atoms with Crippen molar-refractivity contribution in [2.75, 3.05) is 25.1 Å². The van der Waals surface area contributed by atoms with Gasteiger partial charge < -0.3 is 19.7 Å². The Bertz CT molecular complexity index is 1470. The van der Waals surface area contributed by atoms with Gasteiger partial charge in [-0.15, -0.1) is 0 Å². The van der Waals surface area contributed by atoms with Crippen molar-refractivity contribution in [3.05, 3.63) is 83.9 Å². The zero-order chi connectivity index (χ0) is 31.1. The maximum absolute atomic E-state index is 14.2. The van der Waals surface area contributed by atoms with Gasteiger partial charge in [0.1, 0.15) is 24.1 Å². The van der Waals surface area contributed by atoms with E-state index in [9.17, 15) is 18.0 Å². The standard InChI is InChI=1S/C32H41N3O6S/c1-8-29(31(37)33-32(3,4)5)34(21-24-14-16-26(40-6)17-15-24)30(36)22-35(25-10-9-11-27(20-25)41-7)42(38,39)28-18-12-23(2)13-19-28/h9-20,29H,8,21-22H2,1-7H3,(H,33,37). The van der Waals surface area contributed by atoms with E-state index in [1.165, 1.54) is 24.1 Å². The van der Waals surface area contributed by atoms with Crippen molar-refractivity contribution in [1.82, 2.24) is 10.2 Å². The molecule has 3 aromatic carbocycles. The quantitative estimate of drug-likeness (QED) is 0.318. The highest BCUT2D eigenvalue weighted by Gasteiger charge is 2.34. The van der Waals surface area contributed by atoms with Gasteiger partial charge in [-0.2, -0.15) is 0 Å². The van der Waals surface area contributed by atoms with Gasteiger partial charge in [-0.1, -0.05) is 42.8 Å². The van der Waals surface area contributed by atoms with Gasteiger partial charge in [0.25, 0.3) is 10.0 Å². The van der Waals surface area contributed by atoms with Crippen molar-refractivity contribution in [3.63, 3.8) is 0 Å². The summed E-state index contributed by atoms with van der Waals surface area (Å²) in [6.45, 7) is 8.85. The number of carbonyl (C=O) groups excluding carboxylic acids is 2. The van der Waals surface area contributed by atoms with Crippen molar-refractivity contribution in [2.24, 2.45) is 0 Å². The topological polar surface area (TPSA) is 105 Å². The maximum Gasteiger partial charge on any atom is 0.264 e. The lowest BCUT2D eigenvalue weighted by atomic mass is 10.1. The highest BCUT2D eigenvalue weighted by atomic mass is 32.2. The first-order valence-electron chi connectivity index (χ1n) is 13.8. The summed E-state index contributed by atoms with van der Waals surface area (Å²) in [5.74, 6) is 0.249. The molecule has 9 nitrogen and oxygen atoms in total. The monoisotopic (exact) mass is 595 g/mol. The Hall–Kier alpha value is -4.05. The number of anilines is 1. The Morgan fingerprint density at radius 3 is 2.07 bits per heavy atom. The lowest BCUT2D eigenvalue weighted by Gasteiger charge is -2.34. The first-order chi connectivity index (χ1) is 19.8. The number of hydrogen-bond acceptors (Lipinski definition) is 6. The van der Waals surface area contributed by atoms with Crippen molar-refractivity contribution in [2.45, 2.75) is 64.1 Å². The van der Waals surface area contributed by atoms with Crippen molar-refractivity contribution < 1.29 is 27.5 Å². The first-order valence-corrected chi connectivity index (χ1v) is 15.2. The molecule has 10 heteroatoms. The number of ether oxygens (including phenoxy) is 2. The van der Waals surface area contributed by atoms with E-state index in [2.05, 4.69) is 5.32 Å². The van der Waals surface area contributed by atoms with Crippen LogP contribution in [0.25, 0.3) is 0 Å². The molecule has 1 unspecified atom stereocenters. The highest BCUT2D eigenvalue weighted by Crippen LogP contribution is 2.28. The average Bonchev–Trinajstić information content (AvgIpc) is 2.95. The molecule has 0 radical (unpaired) electrons. The van der Waals surface area contributed by atoms with Crippen LogP contribution in [0, 0.1) is 6.92 Å². The van der Waals surface area contributed by atoms with Crippen molar-refractivity contribution >= 4 is 27.5 Å². The maximum atomic E-state index is 14.2. The molecule has 3 rings (SSSR count). The molecule has 3 aromatic rings. The normalized spacial score (nSPS) is 12.3. The van der Waals surface area contributed by atoms with Crippen LogP contribution < -0.4 is 19.1 Å². The second kappa shape index (κ2) is 13.7. The van der Waals surface area contributed by atoms with Crippen molar-refractivity contribution in [1.29, 1.82) is 0 Å². The summed E-state index contributed by atoms with van der Waals surface area (Å²) in [6, 6.07) is 19.3. The van der Waals surface area contributed by atoms with Crippen LogP contribution >= 0.6 is 0 Å². The van der Waals surface area contributed by atoms with Gasteiger partial charge in [0, 0.05) is 18.2 Å². The van der Waals surface area contributed by atoms with Crippen LogP contribution in [-0.2, 0) is 26.2 Å². The number of sulfonamides is 1. The molecule has 0 saturated heterocycles. The zero-order valence-corrected chi connectivity index (χ0v) is 26.2. The van der Waals surface area contributed by atoms with E-state index in [4.69, 9.17) is 9.47 Å². The predicted octanol–water partition coefficient (Wildman–Crippen LogP) is 4.93. The van der Waals surface area contributed by atoms with Gasteiger partial charge in [-0.25, -0.2) is 8.42 Å². The summed E-state index contributed by atoms with van der Waals surface area (Å²) in [7, 11) is -1.12. The molecule has 1 N–H and O–H groups in total. The largest absolute Gasteiger partial charge is 0.497 e. The van der Waals surface area contributed by atoms with Crippen LogP contribution in [0.4, 0.5) is 5.69 Å². The molecule has 0 aliphatic carbocycles. The minimum atomic E-state index is -4.17. The number of benzene rings is 3. The van der Waals surface area contributed by atoms with Crippen LogP contribution in [0.2, 0.25) is 0 Å².